The van der Waals surface area contributed by atoms with Crippen molar-refractivity contribution < 1.29 is 4.39 Å². The molecule has 0 aliphatic heterocycles. The van der Waals surface area contributed by atoms with E-state index < -0.39 is 0 Å². The molecule has 106 valence electrons. The highest BCUT2D eigenvalue weighted by Gasteiger charge is 2.06. The predicted molar refractivity (Wildman–Crippen MR) is 89.0 cm³/mol. The molecule has 0 bridgehead atoms. The van der Waals surface area contributed by atoms with Gasteiger partial charge in [0.1, 0.15) is 10.8 Å². The molecule has 0 amide bonds. The second kappa shape index (κ2) is 6.37. The molecule has 0 unspecified atom stereocenters. The van der Waals surface area contributed by atoms with E-state index in [1.807, 2.05) is 35.7 Å². The van der Waals surface area contributed by atoms with E-state index in [2.05, 4.69) is 26.2 Å². The van der Waals surface area contributed by atoms with Gasteiger partial charge in [-0.15, -0.1) is 11.3 Å². The lowest BCUT2D eigenvalue weighted by molar-refractivity contribution is 0.627. The standard InChI is InChI=1S/C16H12BrFN2S/c17-13-8-12(18)6-7-14(13)19-9-16-20-15(10-21-16)11-4-2-1-3-5-11/h1-8,10,19H,9H2. The molecule has 0 fully saturated rings. The van der Waals surface area contributed by atoms with Crippen LogP contribution in [0.15, 0.2) is 58.4 Å². The zero-order chi connectivity index (χ0) is 14.7. The first-order valence-corrected chi connectivity index (χ1v) is 8.08. The zero-order valence-corrected chi connectivity index (χ0v) is 13.4. The molecule has 1 heterocycles. The lowest BCUT2D eigenvalue weighted by Gasteiger charge is -2.06. The molecule has 0 saturated carbocycles. The summed E-state index contributed by atoms with van der Waals surface area (Å²) in [5, 5.41) is 6.29. The monoisotopic (exact) mass is 362 g/mol. The largest absolute Gasteiger partial charge is 0.378 e. The van der Waals surface area contributed by atoms with E-state index in [9.17, 15) is 4.39 Å². The molecule has 0 radical (unpaired) electrons. The van der Waals surface area contributed by atoms with Crippen LogP contribution in [0.4, 0.5) is 10.1 Å². The third kappa shape index (κ3) is 3.49. The third-order valence-corrected chi connectivity index (χ3v) is 4.49. The fourth-order valence-corrected chi connectivity index (χ4v) is 3.17. The van der Waals surface area contributed by atoms with E-state index in [4.69, 9.17) is 0 Å². The van der Waals surface area contributed by atoms with Crippen molar-refractivity contribution in [3.8, 4) is 11.3 Å². The second-order valence-corrected chi connectivity index (χ2v) is 6.27. The number of nitrogens with one attached hydrogen (secondary N) is 1. The minimum atomic E-state index is -0.256. The fourth-order valence-electron chi connectivity index (χ4n) is 1.94. The number of rotatable bonds is 4. The quantitative estimate of drug-likeness (QED) is 0.678. The van der Waals surface area contributed by atoms with Crippen LogP contribution in [0.3, 0.4) is 0 Å². The Morgan fingerprint density at radius 2 is 1.95 bits per heavy atom. The van der Waals surface area contributed by atoms with Crippen LogP contribution in [0, 0.1) is 5.82 Å². The van der Waals surface area contributed by atoms with E-state index in [1.54, 1.807) is 17.4 Å². The minimum absolute atomic E-state index is 0.256. The van der Waals surface area contributed by atoms with Gasteiger partial charge in [0.05, 0.1) is 12.2 Å². The van der Waals surface area contributed by atoms with Crippen molar-refractivity contribution in [1.29, 1.82) is 0 Å². The maximum absolute atomic E-state index is 13.0. The summed E-state index contributed by atoms with van der Waals surface area (Å²) in [6.45, 7) is 0.613. The summed E-state index contributed by atoms with van der Waals surface area (Å²) in [7, 11) is 0. The van der Waals surface area contributed by atoms with E-state index in [0.717, 1.165) is 22.0 Å². The average Bonchev–Trinajstić information content (AvgIpc) is 2.96. The van der Waals surface area contributed by atoms with Crippen molar-refractivity contribution in [1.82, 2.24) is 4.98 Å². The van der Waals surface area contributed by atoms with Crippen LogP contribution in [0.25, 0.3) is 11.3 Å². The second-order valence-electron chi connectivity index (χ2n) is 4.47. The number of benzene rings is 2. The van der Waals surface area contributed by atoms with Crippen LogP contribution in [-0.2, 0) is 6.54 Å². The van der Waals surface area contributed by atoms with Crippen LogP contribution in [0.1, 0.15) is 5.01 Å². The number of thiazole rings is 1. The fraction of sp³-hybridized carbons (Fsp3) is 0.0625. The SMILES string of the molecule is Fc1ccc(NCc2nc(-c3ccccc3)cs2)c(Br)c1. The molecule has 0 atom stereocenters. The Bertz CT molecular complexity index is 743. The number of halogens is 2. The summed E-state index contributed by atoms with van der Waals surface area (Å²) in [5.41, 5.74) is 2.95. The Balaban J connectivity index is 1.70. The van der Waals surface area contributed by atoms with Crippen molar-refractivity contribution in [3.63, 3.8) is 0 Å². The van der Waals surface area contributed by atoms with Crippen LogP contribution in [-0.4, -0.2) is 4.98 Å². The summed E-state index contributed by atoms with van der Waals surface area (Å²) < 4.78 is 13.7. The highest BCUT2D eigenvalue weighted by Crippen LogP contribution is 2.25. The number of anilines is 1. The van der Waals surface area contributed by atoms with Gasteiger partial charge < -0.3 is 5.32 Å². The number of aromatic nitrogens is 1. The highest BCUT2D eigenvalue weighted by atomic mass is 79.9. The first-order valence-electron chi connectivity index (χ1n) is 6.41. The first kappa shape index (κ1) is 14.2. The molecule has 21 heavy (non-hydrogen) atoms. The van der Waals surface area contributed by atoms with Gasteiger partial charge in [-0.05, 0) is 34.1 Å². The van der Waals surface area contributed by atoms with Crippen molar-refractivity contribution in [2.75, 3.05) is 5.32 Å². The Morgan fingerprint density at radius 3 is 2.71 bits per heavy atom. The smallest absolute Gasteiger partial charge is 0.124 e. The molecule has 5 heteroatoms. The lowest BCUT2D eigenvalue weighted by Crippen LogP contribution is -1.99. The van der Waals surface area contributed by atoms with Crippen molar-refractivity contribution in [2.45, 2.75) is 6.54 Å². The van der Waals surface area contributed by atoms with E-state index in [-0.39, 0.29) is 5.82 Å². The number of hydrogen-bond donors (Lipinski definition) is 1. The Morgan fingerprint density at radius 1 is 1.14 bits per heavy atom. The maximum atomic E-state index is 13.0. The molecule has 3 aromatic rings. The first-order chi connectivity index (χ1) is 10.2. The molecule has 1 aromatic heterocycles. The highest BCUT2D eigenvalue weighted by molar-refractivity contribution is 9.10. The van der Waals surface area contributed by atoms with Gasteiger partial charge in [0.2, 0.25) is 0 Å². The van der Waals surface area contributed by atoms with E-state index in [1.165, 1.54) is 12.1 Å². The molecule has 0 aliphatic rings. The van der Waals surface area contributed by atoms with Gasteiger partial charge in [0.15, 0.2) is 0 Å². The van der Waals surface area contributed by atoms with Gasteiger partial charge in [-0.2, -0.15) is 0 Å². The topological polar surface area (TPSA) is 24.9 Å². The number of nitrogens with zero attached hydrogens (tertiary/aromatic N) is 1. The average molecular weight is 363 g/mol. The van der Waals surface area contributed by atoms with Crippen LogP contribution in [0.2, 0.25) is 0 Å². The maximum Gasteiger partial charge on any atom is 0.124 e. The minimum Gasteiger partial charge on any atom is -0.378 e. The van der Waals surface area contributed by atoms with E-state index in [0.29, 0.717) is 11.0 Å². The molecule has 0 saturated heterocycles. The van der Waals surface area contributed by atoms with Gasteiger partial charge in [0.25, 0.3) is 0 Å². The molecule has 0 spiro atoms. The van der Waals surface area contributed by atoms with Crippen molar-refractivity contribution in [3.05, 3.63) is 69.2 Å². The Hall–Kier alpha value is -1.72. The summed E-state index contributed by atoms with van der Waals surface area (Å²) in [5.74, 6) is -0.256. The van der Waals surface area contributed by atoms with Gasteiger partial charge >= 0.3 is 0 Å². The molecule has 2 aromatic carbocycles. The number of hydrogen-bond acceptors (Lipinski definition) is 3. The molecule has 1 N–H and O–H groups in total. The van der Waals surface area contributed by atoms with Gasteiger partial charge in [-0.1, -0.05) is 30.3 Å². The lowest BCUT2D eigenvalue weighted by atomic mass is 10.2. The Labute approximate surface area is 134 Å². The Kier molecular flexibility index (Phi) is 4.31. The summed E-state index contributed by atoms with van der Waals surface area (Å²) in [6.07, 6.45) is 0. The third-order valence-electron chi connectivity index (χ3n) is 2.98. The summed E-state index contributed by atoms with van der Waals surface area (Å²) in [6, 6.07) is 14.7. The molecule has 3 rings (SSSR count). The van der Waals surface area contributed by atoms with E-state index >= 15 is 0 Å². The molecule has 0 aliphatic carbocycles. The van der Waals surface area contributed by atoms with Gasteiger partial charge in [-0.25, -0.2) is 9.37 Å². The van der Waals surface area contributed by atoms with Crippen molar-refractivity contribution in [2.24, 2.45) is 0 Å². The van der Waals surface area contributed by atoms with Crippen LogP contribution in [0.5, 0.6) is 0 Å². The van der Waals surface area contributed by atoms with Gasteiger partial charge in [0, 0.05) is 21.1 Å². The molecule has 2 nitrogen and oxygen atoms in total. The molecular formula is C16H12BrFN2S. The zero-order valence-electron chi connectivity index (χ0n) is 11.0. The van der Waals surface area contributed by atoms with Crippen LogP contribution >= 0.6 is 27.3 Å². The molecular weight excluding hydrogens is 351 g/mol. The normalized spacial score (nSPS) is 10.6. The predicted octanol–water partition coefficient (Wildman–Crippen LogP) is 5.32. The summed E-state index contributed by atoms with van der Waals surface area (Å²) in [4.78, 5) is 4.61. The van der Waals surface area contributed by atoms with Crippen molar-refractivity contribution >= 4 is 33.0 Å². The van der Waals surface area contributed by atoms with Crippen LogP contribution < -0.4 is 5.32 Å². The summed E-state index contributed by atoms with van der Waals surface area (Å²) >= 11 is 4.95. The van der Waals surface area contributed by atoms with Gasteiger partial charge in [-0.3, -0.25) is 0 Å².